The molecule has 2 N–H and O–H groups in total. The molecule has 0 bridgehead atoms. The number of sulfone groups is 1. The molecule has 0 saturated carbocycles. The fourth-order valence-corrected chi connectivity index (χ4v) is 3.95. The van der Waals surface area contributed by atoms with Gasteiger partial charge in [-0.1, -0.05) is 0 Å². The quantitative estimate of drug-likeness (QED) is 0.368. The Kier molecular flexibility index (Phi) is 8.67. The monoisotopic (exact) mass is 402 g/mol. The predicted octanol–water partition coefficient (Wildman–Crippen LogP) is 1.33. The van der Waals surface area contributed by atoms with Gasteiger partial charge in [-0.25, -0.2) is 8.42 Å². The summed E-state index contributed by atoms with van der Waals surface area (Å²) in [6.07, 6.45) is 3.37. The number of aliphatic imine (C=N–C) groups is 1. The minimum absolute atomic E-state index is 0.0534. The van der Waals surface area contributed by atoms with Crippen molar-refractivity contribution in [2.45, 2.75) is 25.8 Å². The molecule has 1 aliphatic rings. The number of nitrogens with zero attached hydrogens (tertiary/aromatic N) is 2. The lowest BCUT2D eigenvalue weighted by atomic mass is 10.1. The zero-order valence-corrected chi connectivity index (χ0v) is 17.2. The van der Waals surface area contributed by atoms with E-state index in [0.717, 1.165) is 38.4 Å². The second-order valence-electron chi connectivity index (χ2n) is 6.36. The van der Waals surface area contributed by atoms with Crippen molar-refractivity contribution < 1.29 is 13.2 Å². The third-order valence-electron chi connectivity index (χ3n) is 4.10. The van der Waals surface area contributed by atoms with E-state index in [9.17, 15) is 8.42 Å². The third-order valence-corrected chi connectivity index (χ3v) is 5.94. The first kappa shape index (κ1) is 21.0. The Bertz CT molecular complexity index is 639. The maximum absolute atomic E-state index is 11.0. The molecule has 0 amide bonds. The van der Waals surface area contributed by atoms with E-state index in [2.05, 4.69) is 38.0 Å². The summed E-state index contributed by atoms with van der Waals surface area (Å²) in [4.78, 5) is 6.95. The maximum Gasteiger partial charge on any atom is 0.191 e. The highest BCUT2D eigenvalue weighted by molar-refractivity contribution is 7.90. The second kappa shape index (κ2) is 10.7. The van der Waals surface area contributed by atoms with Crippen LogP contribution in [0.2, 0.25) is 0 Å². The van der Waals surface area contributed by atoms with E-state index in [1.54, 1.807) is 11.3 Å². The van der Waals surface area contributed by atoms with Crippen molar-refractivity contribution in [1.29, 1.82) is 0 Å². The van der Waals surface area contributed by atoms with E-state index in [-0.39, 0.29) is 12.4 Å². The Hall–Kier alpha value is -1.32. The number of guanidine groups is 1. The standard InChI is InChI=1S/C17H30N4O3S2/c1-3-18-17(19-8-11-24-12-14-26(2,22)23)20-15-6-9-21(10-7-15)16-5-4-13-25-16/h4-5,13,15H,3,6-12,14H2,1-2H3,(H2,18,19,20). The molecule has 0 atom stereocenters. The molecule has 0 aliphatic carbocycles. The van der Waals surface area contributed by atoms with Crippen LogP contribution in [-0.4, -0.2) is 71.8 Å². The van der Waals surface area contributed by atoms with E-state index in [0.29, 0.717) is 19.2 Å². The third kappa shape index (κ3) is 7.92. The van der Waals surface area contributed by atoms with Gasteiger partial charge < -0.3 is 20.3 Å². The highest BCUT2D eigenvalue weighted by Gasteiger charge is 2.20. The van der Waals surface area contributed by atoms with Crippen LogP contribution in [0.25, 0.3) is 0 Å². The predicted molar refractivity (Wildman–Crippen MR) is 109 cm³/mol. The molecule has 0 radical (unpaired) electrons. The van der Waals surface area contributed by atoms with Gasteiger partial charge in [0.25, 0.3) is 0 Å². The van der Waals surface area contributed by atoms with Crippen LogP contribution >= 0.6 is 11.3 Å². The van der Waals surface area contributed by atoms with Crippen LogP contribution in [0.4, 0.5) is 5.00 Å². The van der Waals surface area contributed by atoms with Gasteiger partial charge in [-0.3, -0.25) is 4.99 Å². The van der Waals surface area contributed by atoms with Gasteiger partial charge in [-0.05, 0) is 37.3 Å². The zero-order chi connectivity index (χ0) is 18.8. The van der Waals surface area contributed by atoms with Crippen LogP contribution in [0.5, 0.6) is 0 Å². The minimum Gasteiger partial charge on any atom is -0.378 e. The lowest BCUT2D eigenvalue weighted by Crippen LogP contribution is -2.48. The van der Waals surface area contributed by atoms with E-state index < -0.39 is 9.84 Å². The van der Waals surface area contributed by atoms with Gasteiger partial charge >= 0.3 is 0 Å². The molecule has 2 heterocycles. The molecule has 1 aliphatic heterocycles. The summed E-state index contributed by atoms with van der Waals surface area (Å²) in [5.41, 5.74) is 0. The van der Waals surface area contributed by atoms with Crippen LogP contribution in [0.15, 0.2) is 22.5 Å². The average molecular weight is 403 g/mol. The van der Waals surface area contributed by atoms with Crippen molar-refractivity contribution in [2.24, 2.45) is 4.99 Å². The summed E-state index contributed by atoms with van der Waals surface area (Å²) < 4.78 is 27.4. The largest absolute Gasteiger partial charge is 0.378 e. The van der Waals surface area contributed by atoms with Gasteiger partial charge in [0.05, 0.1) is 30.5 Å². The van der Waals surface area contributed by atoms with Gasteiger partial charge in [0.15, 0.2) is 5.96 Å². The number of piperidine rings is 1. The van der Waals surface area contributed by atoms with Gasteiger partial charge in [-0.15, -0.1) is 11.3 Å². The smallest absolute Gasteiger partial charge is 0.191 e. The Balaban J connectivity index is 1.70. The Morgan fingerprint density at radius 1 is 1.38 bits per heavy atom. The molecule has 0 spiro atoms. The molecular weight excluding hydrogens is 372 g/mol. The number of ether oxygens (including phenoxy) is 1. The summed E-state index contributed by atoms with van der Waals surface area (Å²) >= 11 is 1.79. The number of anilines is 1. The summed E-state index contributed by atoms with van der Waals surface area (Å²) in [5, 5.41) is 10.2. The van der Waals surface area contributed by atoms with E-state index in [1.165, 1.54) is 11.3 Å². The minimum atomic E-state index is -2.97. The van der Waals surface area contributed by atoms with Crippen LogP contribution in [0, 0.1) is 0 Å². The van der Waals surface area contributed by atoms with Gasteiger partial charge in [0, 0.05) is 31.9 Å². The van der Waals surface area contributed by atoms with E-state index in [1.807, 2.05) is 6.92 Å². The van der Waals surface area contributed by atoms with Crippen molar-refractivity contribution >= 4 is 32.1 Å². The van der Waals surface area contributed by atoms with Crippen LogP contribution in [0.1, 0.15) is 19.8 Å². The van der Waals surface area contributed by atoms with Crippen LogP contribution < -0.4 is 15.5 Å². The SMILES string of the molecule is CCNC(=NCCOCCS(C)(=O)=O)NC1CCN(c2cccs2)CC1. The fraction of sp³-hybridized carbons (Fsp3) is 0.706. The van der Waals surface area contributed by atoms with E-state index >= 15 is 0 Å². The molecule has 7 nitrogen and oxygen atoms in total. The van der Waals surface area contributed by atoms with Gasteiger partial charge in [-0.2, -0.15) is 0 Å². The molecule has 1 fully saturated rings. The molecule has 148 valence electrons. The van der Waals surface area contributed by atoms with Crippen LogP contribution in [0.3, 0.4) is 0 Å². The van der Waals surface area contributed by atoms with Crippen LogP contribution in [-0.2, 0) is 14.6 Å². The number of rotatable bonds is 9. The highest BCUT2D eigenvalue weighted by atomic mass is 32.2. The summed E-state index contributed by atoms with van der Waals surface area (Å²) in [6, 6.07) is 4.68. The molecule has 0 aromatic carbocycles. The summed E-state index contributed by atoms with van der Waals surface area (Å²) in [7, 11) is -2.97. The molecule has 1 saturated heterocycles. The lowest BCUT2D eigenvalue weighted by molar-refractivity contribution is 0.157. The maximum atomic E-state index is 11.0. The summed E-state index contributed by atoms with van der Waals surface area (Å²) in [6.45, 7) is 6.09. The Morgan fingerprint density at radius 3 is 2.77 bits per heavy atom. The lowest BCUT2D eigenvalue weighted by Gasteiger charge is -2.33. The first-order chi connectivity index (χ1) is 12.5. The highest BCUT2D eigenvalue weighted by Crippen LogP contribution is 2.24. The van der Waals surface area contributed by atoms with Crippen molar-refractivity contribution in [3.05, 3.63) is 17.5 Å². The Labute approximate surface area is 160 Å². The number of hydrogen-bond acceptors (Lipinski definition) is 6. The first-order valence-electron chi connectivity index (χ1n) is 9.06. The van der Waals surface area contributed by atoms with Gasteiger partial charge in [0.1, 0.15) is 9.84 Å². The molecule has 0 unspecified atom stereocenters. The first-order valence-corrected chi connectivity index (χ1v) is 12.0. The average Bonchev–Trinajstić information content (AvgIpc) is 3.12. The zero-order valence-electron chi connectivity index (χ0n) is 15.6. The number of nitrogens with one attached hydrogen (secondary N) is 2. The topological polar surface area (TPSA) is 83.0 Å². The van der Waals surface area contributed by atoms with Crippen molar-refractivity contribution in [3.63, 3.8) is 0 Å². The van der Waals surface area contributed by atoms with Crippen molar-refractivity contribution in [2.75, 3.05) is 56.3 Å². The molecule has 26 heavy (non-hydrogen) atoms. The van der Waals surface area contributed by atoms with E-state index in [4.69, 9.17) is 4.74 Å². The van der Waals surface area contributed by atoms with Crippen molar-refractivity contribution in [1.82, 2.24) is 10.6 Å². The summed E-state index contributed by atoms with van der Waals surface area (Å²) in [5.74, 6) is 0.853. The number of hydrogen-bond donors (Lipinski definition) is 2. The number of thiophene rings is 1. The Morgan fingerprint density at radius 2 is 2.15 bits per heavy atom. The fourth-order valence-electron chi connectivity index (χ4n) is 2.74. The molecular formula is C17H30N4O3S2. The normalized spacial score (nSPS) is 16.7. The molecule has 1 aromatic heterocycles. The van der Waals surface area contributed by atoms with Gasteiger partial charge in [0.2, 0.25) is 0 Å². The molecule has 1 aromatic rings. The molecule has 9 heteroatoms. The van der Waals surface area contributed by atoms with Crippen molar-refractivity contribution in [3.8, 4) is 0 Å². The molecule has 2 rings (SSSR count). The second-order valence-corrected chi connectivity index (χ2v) is 9.55.